The lowest BCUT2D eigenvalue weighted by atomic mass is 9.59. The smallest absolute Gasteiger partial charge is 0.159 e. The van der Waals surface area contributed by atoms with Crippen LogP contribution in [0.5, 0.6) is 0 Å². The largest absolute Gasteiger partial charge is 0.309 e. The second kappa shape index (κ2) is 15.0. The molecule has 10 rings (SSSR count). The second-order valence-corrected chi connectivity index (χ2v) is 21.0. The van der Waals surface area contributed by atoms with Gasteiger partial charge in [-0.3, -0.25) is 4.57 Å². The molecule has 25 heteroatoms. The van der Waals surface area contributed by atoms with Crippen molar-refractivity contribution < 1.29 is 0 Å². The van der Waals surface area contributed by atoms with Crippen molar-refractivity contribution in [2.24, 2.45) is 0 Å². The van der Waals surface area contributed by atoms with E-state index in [4.69, 9.17) is 9.97 Å². The standard InChI is InChI=1S/C40H44B20N4S/c41-13-8(14(42)20(48)23(51)19(13)47)5-1-2-6-7(3-5)65-39-33(6)61-4-62-40(39)64-35-10(18(46)22(50)26(54)30(35)58)12-16(44)15(43)11-9-17(45)21(49)25(53)29(57)34(9)63(36(11)37(12)64)38-31(59)27(55)24(52)28(56)32(38)60/h1-4H,41-60H2. The third-order valence-corrected chi connectivity index (χ3v) is 18.8. The van der Waals surface area contributed by atoms with Crippen LogP contribution in [-0.4, -0.2) is 176 Å². The van der Waals surface area contributed by atoms with Crippen molar-refractivity contribution in [2.45, 2.75) is 0 Å². The van der Waals surface area contributed by atoms with Gasteiger partial charge in [0.1, 0.15) is 163 Å². The van der Waals surface area contributed by atoms with E-state index in [2.05, 4.69) is 184 Å². The monoisotopic (exact) mass is 833 g/mol. The van der Waals surface area contributed by atoms with Gasteiger partial charge in [0.2, 0.25) is 0 Å². The van der Waals surface area contributed by atoms with E-state index in [1.54, 1.807) is 0 Å². The zero-order valence-electron chi connectivity index (χ0n) is 42.5. The molecule has 0 atom stereocenters. The number of thiophene rings is 1. The quantitative estimate of drug-likeness (QED) is 0.166. The van der Waals surface area contributed by atoms with Gasteiger partial charge in [0.25, 0.3) is 0 Å². The molecule has 0 N–H and O–H groups in total. The van der Waals surface area contributed by atoms with E-state index in [9.17, 15) is 0 Å². The third-order valence-electron chi connectivity index (χ3n) is 17.6. The van der Waals surface area contributed by atoms with Gasteiger partial charge in [-0.1, -0.05) is 88.6 Å². The molecular formula is C40H44B20N4S. The first-order chi connectivity index (χ1) is 30.6. The summed E-state index contributed by atoms with van der Waals surface area (Å²) < 4.78 is 7.65. The van der Waals surface area contributed by atoms with Crippen LogP contribution in [-0.2, 0) is 0 Å². The van der Waals surface area contributed by atoms with Crippen LogP contribution in [0.3, 0.4) is 0 Å². The maximum absolute atomic E-state index is 5.42. The second-order valence-electron chi connectivity index (χ2n) is 20.0. The Bertz CT molecular complexity index is 3850. The Morgan fingerprint density at radius 2 is 0.754 bits per heavy atom. The molecule has 6 aromatic carbocycles. The van der Waals surface area contributed by atoms with Crippen molar-refractivity contribution in [3.8, 4) is 22.6 Å². The number of benzene rings is 6. The molecule has 0 amide bonds. The third kappa shape index (κ3) is 5.66. The number of nitrogens with zero attached hydrogens (tertiary/aromatic N) is 4. The summed E-state index contributed by atoms with van der Waals surface area (Å²) in [6.07, 6.45) is 1.81. The molecule has 0 aliphatic heterocycles. The van der Waals surface area contributed by atoms with Crippen molar-refractivity contribution >= 4 is 341 Å². The Morgan fingerprint density at radius 3 is 1.26 bits per heavy atom. The van der Waals surface area contributed by atoms with E-state index >= 15 is 0 Å². The summed E-state index contributed by atoms with van der Waals surface area (Å²) in [4.78, 5) is 10.5. The van der Waals surface area contributed by atoms with Crippen LogP contribution >= 0.6 is 11.3 Å². The molecule has 0 radical (unpaired) electrons. The summed E-state index contributed by atoms with van der Waals surface area (Å²) in [5.74, 6) is 0.949. The molecule has 0 aliphatic carbocycles. The molecule has 4 nitrogen and oxygen atoms in total. The molecular weight excluding hydrogens is 785 g/mol. The topological polar surface area (TPSA) is 35.6 Å². The van der Waals surface area contributed by atoms with E-state index in [1.807, 2.05) is 17.7 Å². The number of fused-ring (bicyclic) bond motifs is 10. The van der Waals surface area contributed by atoms with Crippen LogP contribution < -0.4 is 109 Å². The molecule has 0 aliphatic rings. The number of hydrogen-bond acceptors (Lipinski definition) is 3. The Morgan fingerprint density at radius 1 is 0.369 bits per heavy atom. The Labute approximate surface area is 405 Å². The normalized spacial score (nSPS) is 12.0. The summed E-state index contributed by atoms with van der Waals surface area (Å²) >= 11 is 1.84. The van der Waals surface area contributed by atoms with Gasteiger partial charge in [0, 0.05) is 37.6 Å². The van der Waals surface area contributed by atoms with Gasteiger partial charge in [0.15, 0.2) is 5.82 Å². The molecule has 10 aromatic rings. The number of hydrogen-bond donors (Lipinski definition) is 0. The van der Waals surface area contributed by atoms with Crippen LogP contribution in [0.25, 0.3) is 86.5 Å². The minimum Gasteiger partial charge on any atom is -0.309 e. The molecule has 0 unspecified atom stereocenters. The minimum absolute atomic E-state index is 0.949. The molecule has 0 fully saturated rings. The molecule has 0 bridgehead atoms. The maximum atomic E-state index is 5.42. The van der Waals surface area contributed by atoms with Crippen molar-refractivity contribution in [1.29, 1.82) is 0 Å². The summed E-state index contributed by atoms with van der Waals surface area (Å²) in [5.41, 5.74) is 37.0. The summed E-state index contributed by atoms with van der Waals surface area (Å²) in [6, 6.07) is 7.04. The zero-order chi connectivity index (χ0) is 46.9. The highest BCUT2D eigenvalue weighted by Crippen LogP contribution is 2.42. The van der Waals surface area contributed by atoms with Crippen LogP contribution in [0, 0.1) is 0 Å². The van der Waals surface area contributed by atoms with E-state index in [1.165, 1.54) is 180 Å². The summed E-state index contributed by atoms with van der Waals surface area (Å²) in [7, 11) is 46.4. The van der Waals surface area contributed by atoms with Crippen LogP contribution in [0.15, 0.2) is 24.5 Å². The average Bonchev–Trinajstić information content (AvgIpc) is 3.96. The lowest BCUT2D eigenvalue weighted by Gasteiger charge is -2.24. The fraction of sp³-hybridized carbons (Fsp3) is 0. The zero-order valence-corrected chi connectivity index (χ0v) is 43.3. The van der Waals surface area contributed by atoms with Crippen molar-refractivity contribution in [2.75, 3.05) is 0 Å². The van der Waals surface area contributed by atoms with Gasteiger partial charge in [-0.2, -0.15) is 0 Å². The highest BCUT2D eigenvalue weighted by Gasteiger charge is 2.31. The van der Waals surface area contributed by atoms with E-state index in [0.29, 0.717) is 0 Å². The molecule has 65 heavy (non-hydrogen) atoms. The van der Waals surface area contributed by atoms with Gasteiger partial charge in [-0.25, -0.2) is 9.97 Å². The van der Waals surface area contributed by atoms with Crippen molar-refractivity contribution in [3.63, 3.8) is 0 Å². The molecule has 0 spiro atoms. The lowest BCUT2D eigenvalue weighted by molar-refractivity contribution is 1.08. The highest BCUT2D eigenvalue weighted by molar-refractivity contribution is 7.26. The van der Waals surface area contributed by atoms with E-state index in [-0.39, 0.29) is 0 Å². The fourth-order valence-electron chi connectivity index (χ4n) is 12.1. The molecule has 290 valence electrons. The first-order valence-corrected chi connectivity index (χ1v) is 24.3. The van der Waals surface area contributed by atoms with E-state index < -0.39 is 0 Å². The predicted octanol–water partition coefficient (Wildman–Crippen LogP) is -24.1. The first-order valence-electron chi connectivity index (χ1n) is 23.5. The van der Waals surface area contributed by atoms with Gasteiger partial charge in [-0.15, -0.1) is 44.1 Å². The summed E-state index contributed by atoms with van der Waals surface area (Å²) in [6.45, 7) is 0. The van der Waals surface area contributed by atoms with Gasteiger partial charge in [0.05, 0.1) is 21.3 Å². The van der Waals surface area contributed by atoms with Gasteiger partial charge < -0.3 is 4.57 Å². The number of rotatable bonds is 3. The molecule has 4 aromatic heterocycles. The molecule has 0 saturated carbocycles. The minimum atomic E-state index is 0.949. The fourth-order valence-corrected chi connectivity index (χ4v) is 13.2. The molecule has 0 saturated heterocycles. The van der Waals surface area contributed by atoms with Crippen molar-refractivity contribution in [1.82, 2.24) is 19.1 Å². The Hall–Kier alpha value is -4.48. The highest BCUT2D eigenvalue weighted by atomic mass is 32.1. The Kier molecular flexibility index (Phi) is 10.2. The van der Waals surface area contributed by atoms with Gasteiger partial charge >= 0.3 is 0 Å². The van der Waals surface area contributed by atoms with Crippen LogP contribution in [0.1, 0.15) is 0 Å². The SMILES string of the molecule is Bc1c(B)c(B)c(-c2ccc3c(c2)sc2c(-n4c5c(B)c(B)c(B)c(B)c5c5c(B)c(B)c6c7c(B)c(B)c(B)c(B)c7n(-c7c(B)c(B)c(B)c(B)c7B)c6c54)ncnc23)c(B)c1B. The van der Waals surface area contributed by atoms with E-state index in [0.717, 1.165) is 16.0 Å². The molecule has 4 heterocycles. The average molecular weight is 829 g/mol. The number of aromatic nitrogens is 4. The lowest BCUT2D eigenvalue weighted by Crippen LogP contribution is -2.56. The first kappa shape index (κ1) is 44.4. The van der Waals surface area contributed by atoms with Crippen molar-refractivity contribution in [3.05, 3.63) is 24.5 Å². The maximum Gasteiger partial charge on any atom is 0.159 e. The predicted molar refractivity (Wildman–Crippen MR) is 353 cm³/mol. The van der Waals surface area contributed by atoms with Crippen LogP contribution in [0.2, 0.25) is 0 Å². The Balaban J connectivity index is 1.48. The summed E-state index contributed by atoms with van der Waals surface area (Å²) in [5, 5.41) is 6.54. The van der Waals surface area contributed by atoms with Crippen LogP contribution in [0.4, 0.5) is 0 Å². The van der Waals surface area contributed by atoms with Gasteiger partial charge in [-0.05, 0) is 28.0 Å².